The maximum atomic E-state index is 13.5. The van der Waals surface area contributed by atoms with Gasteiger partial charge in [-0.15, -0.1) is 0 Å². The predicted octanol–water partition coefficient (Wildman–Crippen LogP) is 4.61. The van der Waals surface area contributed by atoms with Crippen LogP contribution >= 0.6 is 0 Å². The van der Waals surface area contributed by atoms with Gasteiger partial charge in [0.05, 0.1) is 11.6 Å². The summed E-state index contributed by atoms with van der Waals surface area (Å²) in [6, 6.07) is 16.1. The Hall–Kier alpha value is -2.91. The Balaban J connectivity index is 1.36. The zero-order valence-electron chi connectivity index (χ0n) is 17.1. The van der Waals surface area contributed by atoms with Crippen LogP contribution in [0.3, 0.4) is 0 Å². The number of piperidine rings is 1. The lowest BCUT2D eigenvalue weighted by atomic mass is 10.0. The number of urea groups is 1. The maximum Gasteiger partial charge on any atom is 0.322 e. The molecule has 1 saturated heterocycles. The fraction of sp³-hybridized carbons (Fsp3) is 0.417. The fourth-order valence-corrected chi connectivity index (χ4v) is 4.12. The first kappa shape index (κ1) is 20.4. The molecular formula is C24H27FN4O. The first-order valence-electron chi connectivity index (χ1n) is 10.7. The van der Waals surface area contributed by atoms with E-state index in [1.54, 1.807) is 12.1 Å². The van der Waals surface area contributed by atoms with Crippen LogP contribution in [-0.4, -0.2) is 41.5 Å². The summed E-state index contributed by atoms with van der Waals surface area (Å²) in [4.78, 5) is 17.3. The molecule has 0 unspecified atom stereocenters. The van der Waals surface area contributed by atoms with Crippen molar-refractivity contribution in [3.05, 3.63) is 65.5 Å². The van der Waals surface area contributed by atoms with E-state index in [2.05, 4.69) is 22.4 Å². The molecule has 2 aromatic rings. The molecule has 1 heterocycles. The molecule has 2 aromatic carbocycles. The second-order valence-corrected chi connectivity index (χ2v) is 8.36. The standard InChI is InChI=1S/C24H27FN4O/c25-21-5-2-6-22(14-21)27-24(30)29(17-18-7-8-18)23-9-11-28(12-10-23)16-20-4-1-3-19(13-20)15-26/h1-6,13-14,18,23H,7-12,16-17H2,(H,27,30). The van der Waals surface area contributed by atoms with Gasteiger partial charge in [-0.2, -0.15) is 5.26 Å². The molecule has 5 nitrogen and oxygen atoms in total. The number of likely N-dealkylation sites (tertiary alicyclic amines) is 1. The summed E-state index contributed by atoms with van der Waals surface area (Å²) in [6.07, 6.45) is 4.19. The number of benzene rings is 2. The Bertz CT molecular complexity index is 929. The van der Waals surface area contributed by atoms with Crippen LogP contribution in [0.2, 0.25) is 0 Å². The van der Waals surface area contributed by atoms with Crippen LogP contribution < -0.4 is 5.32 Å². The van der Waals surface area contributed by atoms with Crippen molar-refractivity contribution in [2.45, 2.75) is 38.3 Å². The third-order valence-corrected chi connectivity index (χ3v) is 5.95. The van der Waals surface area contributed by atoms with E-state index in [4.69, 9.17) is 5.26 Å². The number of amides is 2. The Morgan fingerprint density at radius 3 is 2.60 bits per heavy atom. The average Bonchev–Trinajstić information content (AvgIpc) is 3.57. The second-order valence-electron chi connectivity index (χ2n) is 8.36. The van der Waals surface area contributed by atoms with Gasteiger partial charge in [-0.3, -0.25) is 4.90 Å². The van der Waals surface area contributed by atoms with Gasteiger partial charge < -0.3 is 10.2 Å². The van der Waals surface area contributed by atoms with E-state index in [0.29, 0.717) is 17.2 Å². The van der Waals surface area contributed by atoms with E-state index >= 15 is 0 Å². The molecule has 1 aliphatic heterocycles. The molecule has 6 heteroatoms. The highest BCUT2D eigenvalue weighted by atomic mass is 19.1. The lowest BCUT2D eigenvalue weighted by Crippen LogP contribution is -2.49. The maximum absolute atomic E-state index is 13.5. The van der Waals surface area contributed by atoms with Crippen molar-refractivity contribution in [2.24, 2.45) is 5.92 Å². The molecule has 30 heavy (non-hydrogen) atoms. The number of halogens is 1. The summed E-state index contributed by atoms with van der Waals surface area (Å²) < 4.78 is 13.5. The van der Waals surface area contributed by atoms with Crippen LogP contribution in [0.4, 0.5) is 14.9 Å². The highest BCUT2D eigenvalue weighted by Crippen LogP contribution is 2.32. The van der Waals surface area contributed by atoms with Gasteiger partial charge in [0.15, 0.2) is 0 Å². The van der Waals surface area contributed by atoms with Crippen molar-refractivity contribution < 1.29 is 9.18 Å². The Morgan fingerprint density at radius 1 is 1.13 bits per heavy atom. The lowest BCUT2D eigenvalue weighted by Gasteiger charge is -2.38. The average molecular weight is 407 g/mol. The smallest absolute Gasteiger partial charge is 0.321 e. The van der Waals surface area contributed by atoms with Gasteiger partial charge in [0.25, 0.3) is 0 Å². The lowest BCUT2D eigenvalue weighted by molar-refractivity contribution is 0.121. The molecule has 4 rings (SSSR count). The number of hydrogen-bond acceptors (Lipinski definition) is 3. The van der Waals surface area contributed by atoms with Crippen LogP contribution in [0.15, 0.2) is 48.5 Å². The molecule has 156 valence electrons. The summed E-state index contributed by atoms with van der Waals surface area (Å²) in [5.41, 5.74) is 2.33. The minimum atomic E-state index is -0.352. The van der Waals surface area contributed by atoms with Crippen LogP contribution in [0.25, 0.3) is 0 Å². The second kappa shape index (κ2) is 9.27. The number of nitriles is 1. The third kappa shape index (κ3) is 5.37. The monoisotopic (exact) mass is 406 g/mol. The molecule has 2 amide bonds. The number of carbonyl (C=O) groups is 1. The molecule has 0 spiro atoms. The minimum Gasteiger partial charge on any atom is -0.321 e. The van der Waals surface area contributed by atoms with E-state index in [0.717, 1.165) is 44.6 Å². The number of carbonyl (C=O) groups excluding carboxylic acids is 1. The molecule has 1 N–H and O–H groups in total. The van der Waals surface area contributed by atoms with Gasteiger partial charge in [-0.25, -0.2) is 9.18 Å². The number of anilines is 1. The summed E-state index contributed by atoms with van der Waals surface area (Å²) >= 11 is 0. The molecule has 0 atom stereocenters. The number of hydrogen-bond donors (Lipinski definition) is 1. The first-order valence-corrected chi connectivity index (χ1v) is 10.7. The largest absolute Gasteiger partial charge is 0.322 e. The highest BCUT2D eigenvalue weighted by Gasteiger charge is 2.33. The zero-order valence-corrected chi connectivity index (χ0v) is 17.1. The molecule has 0 aromatic heterocycles. The van der Waals surface area contributed by atoms with Crippen molar-refractivity contribution in [1.82, 2.24) is 9.80 Å². The minimum absolute atomic E-state index is 0.132. The number of nitrogens with one attached hydrogen (secondary N) is 1. The van der Waals surface area contributed by atoms with Gasteiger partial charge in [0, 0.05) is 37.9 Å². The Labute approximate surface area is 177 Å². The van der Waals surface area contributed by atoms with Crippen molar-refractivity contribution >= 4 is 11.7 Å². The molecule has 0 radical (unpaired) electrons. The number of rotatable bonds is 6. The van der Waals surface area contributed by atoms with Crippen LogP contribution in [0.1, 0.15) is 36.8 Å². The third-order valence-electron chi connectivity index (χ3n) is 5.95. The van der Waals surface area contributed by atoms with Gasteiger partial charge >= 0.3 is 6.03 Å². The first-order chi connectivity index (χ1) is 14.6. The molecular weight excluding hydrogens is 379 g/mol. The summed E-state index contributed by atoms with van der Waals surface area (Å²) in [5.74, 6) is 0.241. The van der Waals surface area contributed by atoms with Gasteiger partial charge in [-0.1, -0.05) is 18.2 Å². The van der Waals surface area contributed by atoms with Crippen LogP contribution in [0.5, 0.6) is 0 Å². The fourth-order valence-electron chi connectivity index (χ4n) is 4.12. The van der Waals surface area contributed by atoms with Crippen molar-refractivity contribution in [2.75, 3.05) is 25.0 Å². The quantitative estimate of drug-likeness (QED) is 0.762. The molecule has 1 saturated carbocycles. The van der Waals surface area contributed by atoms with E-state index < -0.39 is 0 Å². The summed E-state index contributed by atoms with van der Waals surface area (Å²) in [7, 11) is 0. The molecule has 0 bridgehead atoms. The zero-order chi connectivity index (χ0) is 20.9. The van der Waals surface area contributed by atoms with E-state index in [1.165, 1.54) is 25.0 Å². The van der Waals surface area contributed by atoms with Gasteiger partial charge in [0.1, 0.15) is 5.82 Å². The Kier molecular flexibility index (Phi) is 6.29. The highest BCUT2D eigenvalue weighted by molar-refractivity contribution is 5.89. The predicted molar refractivity (Wildman–Crippen MR) is 114 cm³/mol. The number of nitrogens with zero attached hydrogens (tertiary/aromatic N) is 3. The Morgan fingerprint density at radius 2 is 1.90 bits per heavy atom. The SMILES string of the molecule is N#Cc1cccc(CN2CCC(N(CC3CC3)C(=O)Nc3cccc(F)c3)CC2)c1. The van der Waals surface area contributed by atoms with E-state index in [1.807, 2.05) is 23.1 Å². The van der Waals surface area contributed by atoms with Crippen molar-refractivity contribution in [3.8, 4) is 6.07 Å². The van der Waals surface area contributed by atoms with E-state index in [9.17, 15) is 9.18 Å². The summed E-state index contributed by atoms with van der Waals surface area (Å²) in [5, 5.41) is 12.0. The normalized spacial score (nSPS) is 17.3. The van der Waals surface area contributed by atoms with Gasteiger partial charge in [-0.05, 0) is 67.5 Å². The topological polar surface area (TPSA) is 59.4 Å². The molecule has 2 fully saturated rings. The van der Waals surface area contributed by atoms with Gasteiger partial charge in [0.2, 0.25) is 0 Å². The van der Waals surface area contributed by atoms with Crippen LogP contribution in [0, 0.1) is 23.1 Å². The van der Waals surface area contributed by atoms with Crippen molar-refractivity contribution in [1.29, 1.82) is 5.26 Å². The van der Waals surface area contributed by atoms with Crippen molar-refractivity contribution in [3.63, 3.8) is 0 Å². The summed E-state index contributed by atoms with van der Waals surface area (Å²) in [6.45, 7) is 3.42. The molecule has 1 aliphatic carbocycles. The molecule has 2 aliphatic rings. The van der Waals surface area contributed by atoms with E-state index in [-0.39, 0.29) is 17.9 Å². The van der Waals surface area contributed by atoms with Crippen LogP contribution in [-0.2, 0) is 6.54 Å².